The number of hydrogen-bond acceptors (Lipinski definition) is 4. The van der Waals surface area contributed by atoms with E-state index < -0.39 is 10.9 Å². The zero-order valence-corrected chi connectivity index (χ0v) is 9.20. The Morgan fingerprint density at radius 2 is 1.67 bits per heavy atom. The van der Waals surface area contributed by atoms with E-state index in [0.29, 0.717) is 11.1 Å². The van der Waals surface area contributed by atoms with Crippen LogP contribution in [0.4, 0.5) is 5.69 Å². The van der Waals surface area contributed by atoms with Crippen molar-refractivity contribution < 1.29 is 14.8 Å². The van der Waals surface area contributed by atoms with Gasteiger partial charge in [0.25, 0.3) is 5.69 Å². The van der Waals surface area contributed by atoms with Crippen LogP contribution >= 0.6 is 0 Å². The first kappa shape index (κ1) is 11.8. The average Bonchev–Trinajstić information content (AvgIpc) is 2.39. The van der Waals surface area contributed by atoms with Crippen LogP contribution in [-0.2, 0) is 0 Å². The summed E-state index contributed by atoms with van der Waals surface area (Å²) in [5, 5.41) is 21.2. The third kappa shape index (κ3) is 2.35. The van der Waals surface area contributed by atoms with E-state index in [1.165, 1.54) is 24.3 Å². The van der Waals surface area contributed by atoms with E-state index in [1.807, 2.05) is 0 Å². The maximum absolute atomic E-state index is 10.7. The molecule has 0 N–H and O–H groups in total. The summed E-state index contributed by atoms with van der Waals surface area (Å²) in [7, 11) is 0. The van der Waals surface area contributed by atoms with Crippen molar-refractivity contribution in [3.05, 3.63) is 64.2 Å². The molecule has 2 aromatic rings. The predicted octanol–water partition coefficient (Wildman–Crippen LogP) is 1.63. The van der Waals surface area contributed by atoms with E-state index in [2.05, 4.69) is 0 Å². The third-order valence-electron chi connectivity index (χ3n) is 2.51. The minimum Gasteiger partial charge on any atom is -0.545 e. The fourth-order valence-electron chi connectivity index (χ4n) is 1.60. The topological polar surface area (TPSA) is 83.3 Å². The minimum absolute atomic E-state index is 0.00481. The van der Waals surface area contributed by atoms with E-state index in [-0.39, 0.29) is 11.3 Å². The summed E-state index contributed by atoms with van der Waals surface area (Å²) >= 11 is 0. The molecule has 2 aromatic carbocycles. The van der Waals surface area contributed by atoms with E-state index >= 15 is 0 Å². The van der Waals surface area contributed by atoms with Gasteiger partial charge in [-0.3, -0.25) is 10.1 Å². The predicted molar refractivity (Wildman–Crippen MR) is 62.9 cm³/mol. The summed E-state index contributed by atoms with van der Waals surface area (Å²) in [5.41, 5.74) is 1.45. The number of carboxylic acids is 1. The Hall–Kier alpha value is -2.69. The maximum Gasteiger partial charge on any atom is 0.269 e. The fraction of sp³-hybridized carbons (Fsp3) is 0. The Kier molecular flexibility index (Phi) is 3.05. The van der Waals surface area contributed by atoms with E-state index in [4.69, 9.17) is 0 Å². The SMILES string of the molecule is O=C([O-])c1cccc(-c2ccc([N+](=O)[O-])cc2)c1. The number of carbonyl (C=O) groups excluding carboxylic acids is 1. The van der Waals surface area contributed by atoms with Gasteiger partial charge in [0.2, 0.25) is 0 Å². The lowest BCUT2D eigenvalue weighted by atomic mass is 10.0. The van der Waals surface area contributed by atoms with Gasteiger partial charge in [-0.2, -0.15) is 0 Å². The zero-order valence-electron chi connectivity index (χ0n) is 9.20. The first-order valence-corrected chi connectivity index (χ1v) is 5.14. The Balaban J connectivity index is 2.39. The van der Waals surface area contributed by atoms with Crippen LogP contribution in [0.15, 0.2) is 48.5 Å². The molecule has 18 heavy (non-hydrogen) atoms. The van der Waals surface area contributed by atoms with Crippen molar-refractivity contribution in [3.8, 4) is 11.1 Å². The van der Waals surface area contributed by atoms with Gasteiger partial charge in [0.15, 0.2) is 0 Å². The van der Waals surface area contributed by atoms with E-state index in [1.54, 1.807) is 24.3 Å². The van der Waals surface area contributed by atoms with Gasteiger partial charge in [-0.1, -0.05) is 18.2 Å². The van der Waals surface area contributed by atoms with Crippen LogP contribution in [0.1, 0.15) is 10.4 Å². The molecule has 90 valence electrons. The van der Waals surface area contributed by atoms with Crippen molar-refractivity contribution >= 4 is 11.7 Å². The number of hydrogen-bond donors (Lipinski definition) is 0. The molecule has 0 fully saturated rings. The molecule has 0 spiro atoms. The maximum atomic E-state index is 10.7. The number of nitro groups is 1. The number of non-ortho nitro benzene ring substituents is 1. The summed E-state index contributed by atoms with van der Waals surface area (Å²) in [4.78, 5) is 20.8. The highest BCUT2D eigenvalue weighted by molar-refractivity contribution is 5.87. The van der Waals surface area contributed by atoms with Crippen LogP contribution in [0.25, 0.3) is 11.1 Å². The van der Waals surface area contributed by atoms with Crippen molar-refractivity contribution in [1.29, 1.82) is 0 Å². The van der Waals surface area contributed by atoms with Crippen molar-refractivity contribution in [3.63, 3.8) is 0 Å². The second-order valence-electron chi connectivity index (χ2n) is 3.67. The third-order valence-corrected chi connectivity index (χ3v) is 2.51. The number of rotatable bonds is 3. The van der Waals surface area contributed by atoms with Gasteiger partial charge in [0, 0.05) is 12.1 Å². The Morgan fingerprint density at radius 3 is 2.22 bits per heavy atom. The molecule has 0 bridgehead atoms. The lowest BCUT2D eigenvalue weighted by Gasteiger charge is -2.06. The minimum atomic E-state index is -1.25. The number of nitrogens with zero attached hydrogens (tertiary/aromatic N) is 1. The number of benzene rings is 2. The van der Waals surface area contributed by atoms with Gasteiger partial charge in [0.1, 0.15) is 0 Å². The van der Waals surface area contributed by atoms with Gasteiger partial charge in [0.05, 0.1) is 10.9 Å². The van der Waals surface area contributed by atoms with Crippen LogP contribution < -0.4 is 5.11 Å². The summed E-state index contributed by atoms with van der Waals surface area (Å²) in [6.45, 7) is 0. The molecule has 0 aromatic heterocycles. The van der Waals surface area contributed by atoms with E-state index in [0.717, 1.165) is 0 Å². The van der Waals surface area contributed by atoms with E-state index in [9.17, 15) is 20.0 Å². The number of aromatic carboxylic acids is 1. The molecule has 0 aliphatic heterocycles. The summed E-state index contributed by atoms with van der Waals surface area (Å²) in [5.74, 6) is -1.25. The van der Waals surface area contributed by atoms with Crippen LogP contribution in [0, 0.1) is 10.1 Å². The first-order valence-electron chi connectivity index (χ1n) is 5.14. The normalized spacial score (nSPS) is 10.0. The fourth-order valence-corrected chi connectivity index (χ4v) is 1.60. The molecule has 2 rings (SSSR count). The molecule has 0 aliphatic carbocycles. The molecule has 0 saturated carbocycles. The number of nitro benzene ring substituents is 1. The van der Waals surface area contributed by atoms with Gasteiger partial charge in [-0.05, 0) is 34.9 Å². The van der Waals surface area contributed by atoms with Gasteiger partial charge in [-0.15, -0.1) is 0 Å². The van der Waals surface area contributed by atoms with Crippen LogP contribution in [0.5, 0.6) is 0 Å². The summed E-state index contributed by atoms with van der Waals surface area (Å²) in [6.07, 6.45) is 0. The quantitative estimate of drug-likeness (QED) is 0.604. The van der Waals surface area contributed by atoms with Crippen LogP contribution in [0.3, 0.4) is 0 Å². The highest BCUT2D eigenvalue weighted by atomic mass is 16.6. The van der Waals surface area contributed by atoms with Crippen molar-refractivity contribution in [1.82, 2.24) is 0 Å². The average molecular weight is 242 g/mol. The van der Waals surface area contributed by atoms with Gasteiger partial charge >= 0.3 is 0 Å². The van der Waals surface area contributed by atoms with Gasteiger partial charge < -0.3 is 9.90 Å². The number of carboxylic acid groups (broad SMARTS) is 1. The van der Waals surface area contributed by atoms with Crippen LogP contribution in [0.2, 0.25) is 0 Å². The molecule has 5 heteroatoms. The molecule has 0 saturated heterocycles. The Bertz CT molecular complexity index is 605. The lowest BCUT2D eigenvalue weighted by Crippen LogP contribution is -2.22. The summed E-state index contributed by atoms with van der Waals surface area (Å²) < 4.78 is 0. The molecule has 0 radical (unpaired) electrons. The second-order valence-corrected chi connectivity index (χ2v) is 3.67. The van der Waals surface area contributed by atoms with Gasteiger partial charge in [-0.25, -0.2) is 0 Å². The van der Waals surface area contributed by atoms with Crippen LogP contribution in [-0.4, -0.2) is 10.9 Å². The molecular weight excluding hydrogens is 234 g/mol. The Morgan fingerprint density at radius 1 is 1.00 bits per heavy atom. The number of carbonyl (C=O) groups is 1. The molecule has 0 heterocycles. The molecular formula is C13H8NO4-. The summed E-state index contributed by atoms with van der Waals surface area (Å²) in [6, 6.07) is 12.1. The highest BCUT2D eigenvalue weighted by Crippen LogP contribution is 2.23. The molecule has 0 atom stereocenters. The van der Waals surface area contributed by atoms with Crippen molar-refractivity contribution in [2.75, 3.05) is 0 Å². The monoisotopic (exact) mass is 242 g/mol. The lowest BCUT2D eigenvalue weighted by molar-refractivity contribution is -0.384. The standard InChI is InChI=1S/C13H9NO4/c15-13(16)11-3-1-2-10(8-11)9-4-6-12(7-5-9)14(17)18/h1-8H,(H,15,16)/p-1. The second kappa shape index (κ2) is 4.67. The molecule has 0 aliphatic rings. The largest absolute Gasteiger partial charge is 0.545 e. The zero-order chi connectivity index (χ0) is 13.1. The van der Waals surface area contributed by atoms with Crippen molar-refractivity contribution in [2.24, 2.45) is 0 Å². The highest BCUT2D eigenvalue weighted by Gasteiger charge is 2.05. The first-order chi connectivity index (χ1) is 8.58. The molecule has 0 amide bonds. The molecule has 0 unspecified atom stereocenters. The molecule has 5 nitrogen and oxygen atoms in total. The smallest absolute Gasteiger partial charge is 0.269 e. The van der Waals surface area contributed by atoms with Crippen molar-refractivity contribution in [2.45, 2.75) is 0 Å². The Labute approximate surface area is 102 Å².